The fourth-order valence-corrected chi connectivity index (χ4v) is 3.67. The van der Waals surface area contributed by atoms with Gasteiger partial charge in [0.15, 0.2) is 0 Å². The molecule has 2 aliphatic rings. The van der Waals surface area contributed by atoms with Crippen LogP contribution in [0, 0.1) is 5.82 Å². The summed E-state index contributed by atoms with van der Waals surface area (Å²) < 4.78 is 51.6. The lowest BCUT2D eigenvalue weighted by molar-refractivity contribution is -0.137. The van der Waals surface area contributed by atoms with Gasteiger partial charge in [0.05, 0.1) is 5.56 Å². The normalized spacial score (nSPS) is 21.8. The summed E-state index contributed by atoms with van der Waals surface area (Å²) in [5.74, 6) is -1.20. The van der Waals surface area contributed by atoms with E-state index >= 15 is 0 Å². The highest BCUT2D eigenvalue weighted by Crippen LogP contribution is 2.30. The van der Waals surface area contributed by atoms with Gasteiger partial charge >= 0.3 is 6.18 Å². The number of carbonyl (C=O) groups is 1. The molecule has 26 heavy (non-hydrogen) atoms. The Balaban J connectivity index is 1.65. The molecule has 142 valence electrons. The molecule has 1 atom stereocenters. The third kappa shape index (κ3) is 4.44. The van der Waals surface area contributed by atoms with Gasteiger partial charge in [-0.05, 0) is 57.0 Å². The molecule has 0 saturated carbocycles. The van der Waals surface area contributed by atoms with E-state index < -0.39 is 17.6 Å². The van der Waals surface area contributed by atoms with Crippen LogP contribution < -0.4 is 0 Å². The maximum absolute atomic E-state index is 13.9. The highest BCUT2D eigenvalue weighted by Gasteiger charge is 2.31. The van der Waals surface area contributed by atoms with Gasteiger partial charge in [0.2, 0.25) is 5.91 Å². The van der Waals surface area contributed by atoms with Crippen LogP contribution in [0.1, 0.15) is 36.8 Å². The third-order valence-corrected chi connectivity index (χ3v) is 5.06. The van der Waals surface area contributed by atoms with E-state index in [1.807, 2.05) is 0 Å². The number of likely N-dealkylation sites (tertiary alicyclic amines) is 2. The predicted octanol–water partition coefficient (Wildman–Crippen LogP) is 3.94. The van der Waals surface area contributed by atoms with E-state index in [2.05, 4.69) is 4.90 Å². The fraction of sp³-hybridized carbons (Fsp3) is 0.526. The SMILES string of the molecule is O=C(/C=C/c1ccc(C(F)(F)F)cc1F)N1CCC[C@H]1CN1CCCC1. The molecular weight excluding hydrogens is 348 g/mol. The summed E-state index contributed by atoms with van der Waals surface area (Å²) in [6.45, 7) is 3.64. The van der Waals surface area contributed by atoms with Crippen molar-refractivity contribution in [2.24, 2.45) is 0 Å². The van der Waals surface area contributed by atoms with Gasteiger partial charge in [0.1, 0.15) is 5.82 Å². The number of amides is 1. The Labute approximate surface area is 150 Å². The summed E-state index contributed by atoms with van der Waals surface area (Å²) in [6.07, 6.45) is 2.19. The maximum atomic E-state index is 13.9. The second kappa shape index (κ2) is 7.78. The molecule has 1 aromatic carbocycles. The van der Waals surface area contributed by atoms with Crippen molar-refractivity contribution in [1.29, 1.82) is 0 Å². The second-order valence-electron chi connectivity index (χ2n) is 6.90. The Kier molecular flexibility index (Phi) is 5.65. The molecule has 2 heterocycles. The molecule has 2 fully saturated rings. The Morgan fingerprint density at radius 3 is 2.54 bits per heavy atom. The minimum absolute atomic E-state index is 0.0263. The van der Waals surface area contributed by atoms with E-state index in [-0.39, 0.29) is 17.5 Å². The summed E-state index contributed by atoms with van der Waals surface area (Å²) >= 11 is 0. The minimum atomic E-state index is -4.59. The summed E-state index contributed by atoms with van der Waals surface area (Å²) in [4.78, 5) is 16.6. The number of hydrogen-bond acceptors (Lipinski definition) is 2. The average Bonchev–Trinajstić information content (AvgIpc) is 3.25. The molecule has 0 N–H and O–H groups in total. The Morgan fingerprint density at radius 1 is 1.15 bits per heavy atom. The summed E-state index contributed by atoms with van der Waals surface area (Å²) in [6, 6.07) is 2.48. The van der Waals surface area contributed by atoms with E-state index in [0.29, 0.717) is 12.6 Å². The standard InChI is InChI=1S/C19H22F4N2O/c20-17-12-15(19(21,22)23)7-5-14(17)6-8-18(26)25-11-3-4-16(25)13-24-9-1-2-10-24/h5-8,12,16H,1-4,9-11,13H2/b8-6+/t16-/m0/s1. The number of alkyl halides is 3. The van der Waals surface area contributed by atoms with Gasteiger partial charge in [0.25, 0.3) is 0 Å². The molecule has 3 rings (SSSR count). The maximum Gasteiger partial charge on any atom is 0.416 e. The summed E-state index contributed by atoms with van der Waals surface area (Å²) in [5.41, 5.74) is -1.06. The molecule has 7 heteroatoms. The molecule has 0 spiro atoms. The first kappa shape index (κ1) is 18.9. The van der Waals surface area contributed by atoms with Crippen molar-refractivity contribution in [2.75, 3.05) is 26.2 Å². The van der Waals surface area contributed by atoms with Gasteiger partial charge in [-0.3, -0.25) is 4.79 Å². The van der Waals surface area contributed by atoms with E-state index in [0.717, 1.165) is 44.6 Å². The Morgan fingerprint density at radius 2 is 1.88 bits per heavy atom. The van der Waals surface area contributed by atoms with E-state index in [1.54, 1.807) is 4.90 Å². The zero-order chi connectivity index (χ0) is 18.7. The van der Waals surface area contributed by atoms with Crippen LogP contribution >= 0.6 is 0 Å². The fourth-order valence-electron chi connectivity index (χ4n) is 3.67. The quantitative estimate of drug-likeness (QED) is 0.592. The number of halogens is 4. The monoisotopic (exact) mass is 370 g/mol. The van der Waals surface area contributed by atoms with Crippen LogP contribution in [0.2, 0.25) is 0 Å². The Bertz CT molecular complexity index is 681. The van der Waals surface area contributed by atoms with Crippen LogP contribution in [0.5, 0.6) is 0 Å². The molecule has 0 bridgehead atoms. The lowest BCUT2D eigenvalue weighted by Crippen LogP contribution is -2.41. The number of carbonyl (C=O) groups excluding carboxylic acids is 1. The molecule has 3 nitrogen and oxygen atoms in total. The van der Waals surface area contributed by atoms with Crippen LogP contribution in [0.4, 0.5) is 17.6 Å². The molecule has 0 aliphatic carbocycles. The molecule has 0 radical (unpaired) electrons. The van der Waals surface area contributed by atoms with Crippen LogP contribution in [-0.2, 0) is 11.0 Å². The van der Waals surface area contributed by atoms with E-state index in [9.17, 15) is 22.4 Å². The smallest absolute Gasteiger partial charge is 0.335 e. The molecule has 1 aromatic rings. The highest BCUT2D eigenvalue weighted by molar-refractivity contribution is 5.92. The number of rotatable bonds is 4. The van der Waals surface area contributed by atoms with Crippen LogP contribution in [0.3, 0.4) is 0 Å². The van der Waals surface area contributed by atoms with Gasteiger partial charge in [0, 0.05) is 30.8 Å². The van der Waals surface area contributed by atoms with Gasteiger partial charge in [-0.25, -0.2) is 4.39 Å². The number of nitrogens with zero attached hydrogens (tertiary/aromatic N) is 2. The van der Waals surface area contributed by atoms with E-state index in [1.165, 1.54) is 25.0 Å². The number of benzene rings is 1. The third-order valence-electron chi connectivity index (χ3n) is 5.06. The highest BCUT2D eigenvalue weighted by atomic mass is 19.4. The van der Waals surface area contributed by atoms with Crippen molar-refractivity contribution in [3.8, 4) is 0 Å². The lowest BCUT2D eigenvalue weighted by atomic mass is 10.1. The first-order valence-electron chi connectivity index (χ1n) is 8.92. The summed E-state index contributed by atoms with van der Waals surface area (Å²) in [5, 5.41) is 0. The molecule has 0 aromatic heterocycles. The molecule has 2 saturated heterocycles. The van der Waals surface area contributed by atoms with Crippen LogP contribution in [0.25, 0.3) is 6.08 Å². The second-order valence-corrected chi connectivity index (χ2v) is 6.90. The number of hydrogen-bond donors (Lipinski definition) is 0. The molecule has 2 aliphatic heterocycles. The van der Waals surface area contributed by atoms with E-state index in [4.69, 9.17) is 0 Å². The minimum Gasteiger partial charge on any atom is -0.335 e. The topological polar surface area (TPSA) is 23.6 Å². The van der Waals surface area contributed by atoms with Crippen molar-refractivity contribution in [3.05, 3.63) is 41.2 Å². The van der Waals surface area contributed by atoms with Crippen molar-refractivity contribution in [2.45, 2.75) is 37.9 Å². The molecule has 1 amide bonds. The zero-order valence-corrected chi connectivity index (χ0v) is 14.4. The predicted molar refractivity (Wildman–Crippen MR) is 90.8 cm³/mol. The van der Waals surface area contributed by atoms with Gasteiger partial charge in [-0.15, -0.1) is 0 Å². The van der Waals surface area contributed by atoms with Crippen molar-refractivity contribution < 1.29 is 22.4 Å². The first-order chi connectivity index (χ1) is 12.3. The van der Waals surface area contributed by atoms with Gasteiger partial charge in [-0.2, -0.15) is 13.2 Å². The van der Waals surface area contributed by atoms with Crippen molar-refractivity contribution in [1.82, 2.24) is 9.80 Å². The zero-order valence-electron chi connectivity index (χ0n) is 14.4. The van der Waals surface area contributed by atoms with Gasteiger partial charge in [-0.1, -0.05) is 6.07 Å². The average molecular weight is 370 g/mol. The Hall–Kier alpha value is -1.89. The molecule has 0 unspecified atom stereocenters. The van der Waals surface area contributed by atoms with Crippen molar-refractivity contribution >= 4 is 12.0 Å². The van der Waals surface area contributed by atoms with Gasteiger partial charge < -0.3 is 9.80 Å². The first-order valence-corrected chi connectivity index (χ1v) is 8.92. The van der Waals surface area contributed by atoms with Crippen LogP contribution in [0.15, 0.2) is 24.3 Å². The van der Waals surface area contributed by atoms with Crippen molar-refractivity contribution in [3.63, 3.8) is 0 Å². The summed E-state index contributed by atoms with van der Waals surface area (Å²) in [7, 11) is 0. The largest absolute Gasteiger partial charge is 0.416 e. The lowest BCUT2D eigenvalue weighted by Gasteiger charge is -2.27. The van der Waals surface area contributed by atoms with Crippen LogP contribution in [-0.4, -0.2) is 47.9 Å². The molecular formula is C19H22F4N2O.